The van der Waals surface area contributed by atoms with Crippen LogP contribution in [-0.2, 0) is 61.8 Å². The van der Waals surface area contributed by atoms with Crippen molar-refractivity contribution in [3.63, 3.8) is 0 Å². The Bertz CT molecular complexity index is 1560. The van der Waals surface area contributed by atoms with Gasteiger partial charge in [0, 0.05) is 52.2 Å². The van der Waals surface area contributed by atoms with E-state index in [0.717, 1.165) is 19.6 Å². The summed E-state index contributed by atoms with van der Waals surface area (Å²) in [5, 5.41) is 23.4. The number of methoxy groups -OCH3 is 2. The fourth-order valence-electron chi connectivity index (χ4n) is 10.4. The summed E-state index contributed by atoms with van der Waals surface area (Å²) in [5.41, 5.74) is -4.30. The zero-order chi connectivity index (χ0) is 50.1. The number of aliphatic hydroxyl groups excluding tert-OH is 1. The lowest BCUT2D eigenvalue weighted by atomic mass is 9.76. The van der Waals surface area contributed by atoms with Crippen molar-refractivity contribution >= 4 is 23.7 Å². The molecule has 18 atom stereocenters. The van der Waals surface area contributed by atoms with Gasteiger partial charge in [0.25, 0.3) is 0 Å². The van der Waals surface area contributed by atoms with E-state index in [4.69, 9.17) is 42.6 Å². The van der Waals surface area contributed by atoms with E-state index in [1.807, 2.05) is 46.7 Å². The second-order valence-corrected chi connectivity index (χ2v) is 20.3. The summed E-state index contributed by atoms with van der Waals surface area (Å²) in [6, 6.07) is -0.296. The Morgan fingerprint density at radius 1 is 0.848 bits per heavy atom. The summed E-state index contributed by atoms with van der Waals surface area (Å²) >= 11 is 0. The second-order valence-electron chi connectivity index (χ2n) is 20.3. The Hall–Kier alpha value is -2.32. The standard InChI is InChI=1S/C49H88N2O15/c1-18-37-49(13,57)42(55)28(4)24-36(53)29(5)26-47(11,58-16)43(66-46-41(62-34(10)52)35(50(14)15)25-30(6)60-46)31(7)40(32(8)45(56)63-37)65-39-27-48(12,59-17)44(33(9)61-39)64-38(54)22-21-23-51(19-2)20-3/h28-33,35,37,39-44,46,55,57H,18-27H2,1-17H3/t28-,29+,30+,31-,32+,33-,35-,37+,39-,40-,41+,42+,43+,44?,46-,47+,48+,49+/m0/s1. The number of ether oxygens (including phenoxy) is 9. The number of hydrogen-bond donors (Lipinski definition) is 2. The van der Waals surface area contributed by atoms with Gasteiger partial charge in [-0.3, -0.25) is 19.2 Å². The average molecular weight is 945 g/mol. The number of carbonyl (C=O) groups is 4. The van der Waals surface area contributed by atoms with Crippen LogP contribution in [-0.4, -0.2) is 176 Å². The van der Waals surface area contributed by atoms with Crippen LogP contribution in [0.25, 0.3) is 0 Å². The lowest BCUT2D eigenvalue weighted by Crippen LogP contribution is -2.61. The molecule has 0 saturated carbocycles. The third-order valence-corrected chi connectivity index (χ3v) is 14.7. The highest BCUT2D eigenvalue weighted by Gasteiger charge is 2.54. The first-order valence-electron chi connectivity index (χ1n) is 24.3. The van der Waals surface area contributed by atoms with E-state index < -0.39 is 108 Å². The molecule has 1 unspecified atom stereocenters. The molecule has 66 heavy (non-hydrogen) atoms. The number of esters is 3. The second kappa shape index (κ2) is 25.0. The predicted molar refractivity (Wildman–Crippen MR) is 246 cm³/mol. The zero-order valence-corrected chi connectivity index (χ0v) is 43.3. The molecule has 0 bridgehead atoms. The van der Waals surface area contributed by atoms with Gasteiger partial charge in [0.15, 0.2) is 24.8 Å². The highest BCUT2D eigenvalue weighted by atomic mass is 16.7. The smallest absolute Gasteiger partial charge is 0.311 e. The molecule has 0 aromatic rings. The molecular weight excluding hydrogens is 857 g/mol. The Morgan fingerprint density at radius 2 is 1.45 bits per heavy atom. The Kier molecular flexibility index (Phi) is 22.0. The van der Waals surface area contributed by atoms with Gasteiger partial charge in [0.2, 0.25) is 0 Å². The van der Waals surface area contributed by atoms with Gasteiger partial charge in [0.1, 0.15) is 23.1 Å². The fraction of sp³-hybridized carbons (Fsp3) is 0.918. The molecule has 3 heterocycles. The van der Waals surface area contributed by atoms with Crippen molar-refractivity contribution in [2.24, 2.45) is 23.7 Å². The van der Waals surface area contributed by atoms with Crippen LogP contribution in [0, 0.1) is 23.7 Å². The van der Waals surface area contributed by atoms with Gasteiger partial charge >= 0.3 is 17.9 Å². The van der Waals surface area contributed by atoms with E-state index in [1.54, 1.807) is 34.6 Å². The van der Waals surface area contributed by atoms with Crippen molar-refractivity contribution in [2.75, 3.05) is 47.9 Å². The Morgan fingerprint density at radius 3 is 2.00 bits per heavy atom. The molecule has 3 aliphatic heterocycles. The summed E-state index contributed by atoms with van der Waals surface area (Å²) in [5.74, 6) is -5.00. The van der Waals surface area contributed by atoms with E-state index in [0.29, 0.717) is 12.8 Å². The quantitative estimate of drug-likeness (QED) is 0.153. The maximum absolute atomic E-state index is 14.6. The van der Waals surface area contributed by atoms with Crippen LogP contribution in [0.1, 0.15) is 135 Å². The van der Waals surface area contributed by atoms with Crippen molar-refractivity contribution < 1.29 is 72.0 Å². The monoisotopic (exact) mass is 945 g/mol. The number of cyclic esters (lactones) is 1. The van der Waals surface area contributed by atoms with E-state index >= 15 is 0 Å². The maximum atomic E-state index is 14.6. The number of nitrogens with zero attached hydrogens (tertiary/aromatic N) is 2. The van der Waals surface area contributed by atoms with Crippen LogP contribution in [0.3, 0.4) is 0 Å². The molecule has 3 saturated heterocycles. The molecule has 0 aromatic heterocycles. The van der Waals surface area contributed by atoms with Crippen LogP contribution in [0.5, 0.6) is 0 Å². The zero-order valence-electron chi connectivity index (χ0n) is 43.3. The number of hydrogen-bond acceptors (Lipinski definition) is 17. The molecular formula is C49H88N2O15. The van der Waals surface area contributed by atoms with E-state index in [9.17, 15) is 29.4 Å². The van der Waals surface area contributed by atoms with Crippen molar-refractivity contribution in [2.45, 2.75) is 219 Å². The average Bonchev–Trinajstić information content (AvgIpc) is 3.25. The molecule has 3 fully saturated rings. The third kappa shape index (κ3) is 14.4. The van der Waals surface area contributed by atoms with Crippen LogP contribution < -0.4 is 0 Å². The predicted octanol–water partition coefficient (Wildman–Crippen LogP) is 5.07. The van der Waals surface area contributed by atoms with Crippen molar-refractivity contribution in [3.8, 4) is 0 Å². The fourth-order valence-corrected chi connectivity index (χ4v) is 10.4. The number of aliphatic hydroxyl groups is 2. The topological polar surface area (TPSA) is 198 Å². The van der Waals surface area contributed by atoms with Crippen LogP contribution in [0.2, 0.25) is 0 Å². The number of ketones is 1. The first-order chi connectivity index (χ1) is 30.7. The van der Waals surface area contributed by atoms with Crippen molar-refractivity contribution in [3.05, 3.63) is 0 Å². The SMILES string of the molecule is CC[C@H]1OC(=O)[C@H](C)[C@@H](O[C@H]2C[C@@](C)(OC)C(OC(=O)CCCN(CC)CC)[C@H](C)O2)[C@H](C)[C@@H](O[C@@H]2O[C@H](C)C[C@H](N(C)C)[C@H]2OC(C)=O)[C@](C)(OC)C[C@@H](C)C(=O)C[C@H](C)[C@@H](O)[C@]1(C)O. The largest absolute Gasteiger partial charge is 0.459 e. The minimum absolute atomic E-state index is 0.0732. The molecule has 3 rings (SSSR count). The summed E-state index contributed by atoms with van der Waals surface area (Å²) in [4.78, 5) is 58.8. The molecule has 3 aliphatic rings. The van der Waals surface area contributed by atoms with Gasteiger partial charge in [-0.05, 0) is 107 Å². The highest BCUT2D eigenvalue weighted by Crippen LogP contribution is 2.42. The van der Waals surface area contributed by atoms with Gasteiger partial charge in [-0.25, -0.2) is 0 Å². The third-order valence-electron chi connectivity index (χ3n) is 14.7. The number of rotatable bonds is 16. The number of likely N-dealkylation sites (N-methyl/N-ethyl adjacent to an activating group) is 1. The van der Waals surface area contributed by atoms with Gasteiger partial charge in [0.05, 0.1) is 48.1 Å². The van der Waals surface area contributed by atoms with Gasteiger partial charge in [-0.1, -0.05) is 41.5 Å². The number of Topliss-reactive ketones (excluding diaryl/α,β-unsaturated/α-hetero) is 1. The van der Waals surface area contributed by atoms with Crippen LogP contribution in [0.15, 0.2) is 0 Å². The Balaban J connectivity index is 2.20. The Labute approximate surface area is 395 Å². The van der Waals surface area contributed by atoms with Gasteiger partial charge in [-0.15, -0.1) is 0 Å². The van der Waals surface area contributed by atoms with E-state index in [2.05, 4.69) is 18.7 Å². The van der Waals surface area contributed by atoms with Crippen LogP contribution >= 0.6 is 0 Å². The minimum Gasteiger partial charge on any atom is -0.459 e. The first-order valence-corrected chi connectivity index (χ1v) is 24.3. The summed E-state index contributed by atoms with van der Waals surface area (Å²) in [7, 11) is 6.85. The van der Waals surface area contributed by atoms with E-state index in [1.165, 1.54) is 28.1 Å². The summed E-state index contributed by atoms with van der Waals surface area (Å²) in [6.45, 7) is 25.5. The molecule has 0 spiro atoms. The molecule has 0 amide bonds. The van der Waals surface area contributed by atoms with Crippen molar-refractivity contribution in [1.29, 1.82) is 0 Å². The number of carbonyl (C=O) groups excluding carboxylic acids is 4. The van der Waals surface area contributed by atoms with Crippen molar-refractivity contribution in [1.82, 2.24) is 9.80 Å². The lowest BCUT2D eigenvalue weighted by molar-refractivity contribution is -0.320. The maximum Gasteiger partial charge on any atom is 0.311 e. The van der Waals surface area contributed by atoms with E-state index in [-0.39, 0.29) is 56.0 Å². The summed E-state index contributed by atoms with van der Waals surface area (Å²) in [6.07, 6.45) is -7.85. The van der Waals surface area contributed by atoms with Gasteiger partial charge < -0.3 is 62.6 Å². The molecule has 17 heteroatoms. The molecule has 0 aromatic carbocycles. The normalized spacial score (nSPS) is 41.2. The molecule has 384 valence electrons. The molecule has 17 nitrogen and oxygen atoms in total. The lowest BCUT2D eigenvalue weighted by Gasteiger charge is -2.50. The molecule has 0 aliphatic carbocycles. The van der Waals surface area contributed by atoms with Crippen LogP contribution in [0.4, 0.5) is 0 Å². The molecule has 2 N–H and O–H groups in total. The minimum atomic E-state index is -1.92. The van der Waals surface area contributed by atoms with Gasteiger partial charge in [-0.2, -0.15) is 0 Å². The molecule has 0 radical (unpaired) electrons. The summed E-state index contributed by atoms with van der Waals surface area (Å²) < 4.78 is 57.8. The highest BCUT2D eigenvalue weighted by molar-refractivity contribution is 5.81. The first kappa shape index (κ1) is 58.0.